The van der Waals surface area contributed by atoms with Gasteiger partial charge in [0.15, 0.2) is 11.5 Å². The first kappa shape index (κ1) is 18.4. The first-order valence-corrected chi connectivity index (χ1v) is 9.97. The van der Waals surface area contributed by atoms with Crippen molar-refractivity contribution >= 4 is 17.4 Å². The molecule has 2 aromatic heterocycles. The lowest BCUT2D eigenvalue weighted by Crippen LogP contribution is -2.30. The van der Waals surface area contributed by atoms with Gasteiger partial charge in [-0.3, -0.25) is 4.79 Å². The Kier molecular flexibility index (Phi) is 5.50. The number of aromatic nitrogens is 4. The molecule has 1 aromatic carbocycles. The largest absolute Gasteiger partial charge is 0.355 e. The van der Waals surface area contributed by atoms with Gasteiger partial charge in [0.2, 0.25) is 5.91 Å². The highest BCUT2D eigenvalue weighted by molar-refractivity contribution is 5.76. The van der Waals surface area contributed by atoms with Gasteiger partial charge in [0.05, 0.1) is 0 Å². The summed E-state index contributed by atoms with van der Waals surface area (Å²) in [7, 11) is 0. The molecule has 7 heteroatoms. The normalized spacial score (nSPS) is 14.4. The van der Waals surface area contributed by atoms with E-state index >= 15 is 0 Å². The zero-order valence-corrected chi connectivity index (χ0v) is 16.3. The van der Waals surface area contributed by atoms with Gasteiger partial charge in [-0.1, -0.05) is 29.8 Å². The van der Waals surface area contributed by atoms with Crippen LogP contribution in [0.15, 0.2) is 36.4 Å². The Bertz CT molecular complexity index is 943. The highest BCUT2D eigenvalue weighted by Crippen LogP contribution is 2.18. The molecule has 0 unspecified atom stereocenters. The number of nitrogens with zero attached hydrogens (tertiary/aromatic N) is 5. The number of fused-ring (bicyclic) bond motifs is 1. The second kappa shape index (κ2) is 8.37. The fraction of sp³-hybridized carbons (Fsp3) is 0.429. The number of carbonyl (C=O) groups excluding carboxylic acids is 1. The topological polar surface area (TPSA) is 75.4 Å². The van der Waals surface area contributed by atoms with Crippen LogP contribution in [-0.2, 0) is 17.8 Å². The van der Waals surface area contributed by atoms with E-state index < -0.39 is 0 Å². The number of hydrogen-bond acceptors (Lipinski definition) is 5. The van der Waals surface area contributed by atoms with Crippen LogP contribution < -0.4 is 10.2 Å². The van der Waals surface area contributed by atoms with Crippen LogP contribution in [0.1, 0.15) is 42.6 Å². The number of rotatable bonds is 6. The predicted molar refractivity (Wildman–Crippen MR) is 108 cm³/mol. The van der Waals surface area contributed by atoms with E-state index in [0.717, 1.165) is 35.9 Å². The van der Waals surface area contributed by atoms with Crippen LogP contribution in [0.4, 0.5) is 5.82 Å². The number of amides is 1. The van der Waals surface area contributed by atoms with Crippen molar-refractivity contribution in [2.24, 2.45) is 0 Å². The van der Waals surface area contributed by atoms with Crippen molar-refractivity contribution in [3.63, 3.8) is 0 Å². The van der Waals surface area contributed by atoms with Crippen molar-refractivity contribution < 1.29 is 4.79 Å². The fourth-order valence-electron chi connectivity index (χ4n) is 3.49. The van der Waals surface area contributed by atoms with Crippen molar-refractivity contribution in [3.8, 4) is 0 Å². The molecule has 146 valence electrons. The number of anilines is 1. The average Bonchev–Trinajstić information content (AvgIpc) is 3.15. The lowest BCUT2D eigenvalue weighted by atomic mass is 10.1. The lowest BCUT2D eigenvalue weighted by molar-refractivity contribution is -0.121. The van der Waals surface area contributed by atoms with Gasteiger partial charge in [-0.15, -0.1) is 15.3 Å². The standard InChI is InChI=1S/C21H26N6O/c1-16-5-7-17(8-6-16)15-22-21(28)12-11-19-24-23-18-9-10-20(25-27(18)19)26-13-3-2-4-14-26/h5-10H,2-4,11-15H2,1H3,(H,22,28). The maximum atomic E-state index is 12.2. The number of benzene rings is 1. The minimum absolute atomic E-state index is 0.00418. The summed E-state index contributed by atoms with van der Waals surface area (Å²) >= 11 is 0. The smallest absolute Gasteiger partial charge is 0.220 e. The Morgan fingerprint density at radius 1 is 1.04 bits per heavy atom. The fourth-order valence-corrected chi connectivity index (χ4v) is 3.49. The molecule has 1 aliphatic heterocycles. The van der Waals surface area contributed by atoms with E-state index in [9.17, 15) is 4.79 Å². The van der Waals surface area contributed by atoms with Gasteiger partial charge in [-0.25, -0.2) is 0 Å². The quantitative estimate of drug-likeness (QED) is 0.714. The summed E-state index contributed by atoms with van der Waals surface area (Å²) in [6.45, 7) is 4.67. The van der Waals surface area contributed by atoms with Gasteiger partial charge in [0.25, 0.3) is 0 Å². The SMILES string of the molecule is Cc1ccc(CNC(=O)CCc2nnc3ccc(N4CCCCC4)nn23)cc1. The molecule has 4 rings (SSSR count). The van der Waals surface area contributed by atoms with Crippen molar-refractivity contribution in [1.29, 1.82) is 0 Å². The van der Waals surface area contributed by atoms with Crippen LogP contribution in [0, 0.1) is 6.92 Å². The molecule has 0 radical (unpaired) electrons. The summed E-state index contributed by atoms with van der Waals surface area (Å²) in [6, 6.07) is 12.1. The second-order valence-electron chi connectivity index (χ2n) is 7.39. The Hall–Kier alpha value is -2.96. The minimum atomic E-state index is 0.00418. The molecular weight excluding hydrogens is 352 g/mol. The van der Waals surface area contributed by atoms with Gasteiger partial charge >= 0.3 is 0 Å². The van der Waals surface area contributed by atoms with Crippen LogP contribution in [-0.4, -0.2) is 38.8 Å². The Morgan fingerprint density at radius 2 is 1.82 bits per heavy atom. The van der Waals surface area contributed by atoms with E-state index in [1.165, 1.54) is 24.8 Å². The third-order valence-electron chi connectivity index (χ3n) is 5.18. The van der Waals surface area contributed by atoms with Gasteiger partial charge in [0, 0.05) is 32.5 Å². The molecule has 0 bridgehead atoms. The Morgan fingerprint density at radius 3 is 2.61 bits per heavy atom. The molecule has 0 aliphatic carbocycles. The van der Waals surface area contributed by atoms with E-state index in [1.54, 1.807) is 4.52 Å². The summed E-state index contributed by atoms with van der Waals surface area (Å²) < 4.78 is 1.77. The van der Waals surface area contributed by atoms with Crippen molar-refractivity contribution in [2.45, 2.75) is 45.6 Å². The maximum absolute atomic E-state index is 12.2. The van der Waals surface area contributed by atoms with E-state index in [4.69, 9.17) is 5.10 Å². The molecular formula is C21H26N6O. The second-order valence-corrected chi connectivity index (χ2v) is 7.39. The monoisotopic (exact) mass is 378 g/mol. The van der Waals surface area contributed by atoms with Crippen LogP contribution in [0.3, 0.4) is 0 Å². The first-order chi connectivity index (χ1) is 13.7. The number of nitrogens with one attached hydrogen (secondary N) is 1. The number of piperidine rings is 1. The Labute approximate surface area is 164 Å². The summed E-state index contributed by atoms with van der Waals surface area (Å²) in [5, 5.41) is 16.1. The number of carbonyl (C=O) groups is 1. The lowest BCUT2D eigenvalue weighted by Gasteiger charge is -2.27. The average molecular weight is 378 g/mol. The van der Waals surface area contributed by atoms with E-state index in [2.05, 4.69) is 39.5 Å². The van der Waals surface area contributed by atoms with E-state index in [1.807, 2.05) is 24.3 Å². The molecule has 1 N–H and O–H groups in total. The van der Waals surface area contributed by atoms with Crippen LogP contribution in [0.5, 0.6) is 0 Å². The van der Waals surface area contributed by atoms with Gasteiger partial charge in [0.1, 0.15) is 5.82 Å². The molecule has 1 aliphatic rings. The summed E-state index contributed by atoms with van der Waals surface area (Å²) in [5.41, 5.74) is 3.03. The molecule has 1 saturated heterocycles. The summed E-state index contributed by atoms with van der Waals surface area (Å²) in [6.07, 6.45) is 4.57. The summed E-state index contributed by atoms with van der Waals surface area (Å²) in [5.74, 6) is 1.68. The van der Waals surface area contributed by atoms with Gasteiger partial charge < -0.3 is 10.2 Å². The molecule has 28 heavy (non-hydrogen) atoms. The van der Waals surface area contributed by atoms with Crippen molar-refractivity contribution in [1.82, 2.24) is 25.1 Å². The Balaban J connectivity index is 1.37. The zero-order chi connectivity index (χ0) is 19.3. The van der Waals surface area contributed by atoms with Crippen molar-refractivity contribution in [3.05, 3.63) is 53.3 Å². The zero-order valence-electron chi connectivity index (χ0n) is 16.3. The molecule has 0 saturated carbocycles. The molecule has 7 nitrogen and oxygen atoms in total. The highest BCUT2D eigenvalue weighted by atomic mass is 16.1. The molecule has 3 heterocycles. The maximum Gasteiger partial charge on any atom is 0.220 e. The number of aryl methyl sites for hydroxylation is 2. The van der Waals surface area contributed by atoms with E-state index in [0.29, 0.717) is 19.4 Å². The molecule has 1 amide bonds. The van der Waals surface area contributed by atoms with Crippen LogP contribution >= 0.6 is 0 Å². The predicted octanol–water partition coefficient (Wildman–Crippen LogP) is 2.67. The third kappa shape index (κ3) is 4.30. The molecule has 3 aromatic rings. The van der Waals surface area contributed by atoms with Crippen LogP contribution in [0.2, 0.25) is 0 Å². The van der Waals surface area contributed by atoms with E-state index in [-0.39, 0.29) is 5.91 Å². The van der Waals surface area contributed by atoms with Crippen molar-refractivity contribution in [2.75, 3.05) is 18.0 Å². The highest BCUT2D eigenvalue weighted by Gasteiger charge is 2.15. The van der Waals surface area contributed by atoms with Gasteiger partial charge in [-0.2, -0.15) is 4.52 Å². The summed E-state index contributed by atoms with van der Waals surface area (Å²) in [4.78, 5) is 14.5. The first-order valence-electron chi connectivity index (χ1n) is 9.97. The molecule has 1 fully saturated rings. The molecule has 0 atom stereocenters. The van der Waals surface area contributed by atoms with Gasteiger partial charge in [-0.05, 0) is 43.9 Å². The van der Waals surface area contributed by atoms with Crippen LogP contribution in [0.25, 0.3) is 5.65 Å². The molecule has 0 spiro atoms. The third-order valence-corrected chi connectivity index (χ3v) is 5.18. The minimum Gasteiger partial charge on any atom is -0.355 e. The number of hydrogen-bond donors (Lipinski definition) is 1.